The van der Waals surface area contributed by atoms with Gasteiger partial charge in [0, 0.05) is 6.04 Å². The number of hydrogen-bond acceptors (Lipinski definition) is 5. The predicted molar refractivity (Wildman–Crippen MR) is 164 cm³/mol. The standard InChI is InChI=1S/C35H62N2O4/c1-20(2)28(36)29(39)37-25-13-15-32(7)23(30(25,3)4)12-17-33(8)24(32)19-22(38)27-21(11-16-34(27,33)9)35(10)18-14-26(41-35)31(5,6)40/h20-28,38,40H,11-19,36H2,1-10H3,(H,37,39)/t21-,22+,23-,24+,25-,26+,27-,28-,32-,33+,34+,35-/m0/s1. The molecule has 5 rings (SSSR count). The fourth-order valence-electron chi connectivity index (χ4n) is 11.9. The highest BCUT2D eigenvalue weighted by atomic mass is 16.5. The van der Waals surface area contributed by atoms with Crippen LogP contribution in [-0.4, -0.2) is 51.6 Å². The maximum Gasteiger partial charge on any atom is 0.237 e. The van der Waals surface area contributed by atoms with Gasteiger partial charge in [0.05, 0.1) is 29.5 Å². The zero-order valence-electron chi connectivity index (χ0n) is 27.8. The second kappa shape index (κ2) is 9.91. The van der Waals surface area contributed by atoms with Crippen LogP contribution in [0.25, 0.3) is 0 Å². The molecule has 41 heavy (non-hydrogen) atoms. The summed E-state index contributed by atoms with van der Waals surface area (Å²) in [6, 6.07) is -0.350. The first kappa shape index (κ1) is 31.7. The molecule has 0 unspecified atom stereocenters. The Bertz CT molecular complexity index is 1020. The van der Waals surface area contributed by atoms with Gasteiger partial charge in [0.25, 0.3) is 0 Å². The number of amides is 1. The molecule has 5 fully saturated rings. The van der Waals surface area contributed by atoms with Gasteiger partial charge in [-0.2, -0.15) is 0 Å². The van der Waals surface area contributed by atoms with Crippen LogP contribution in [-0.2, 0) is 9.53 Å². The lowest BCUT2D eigenvalue weighted by Gasteiger charge is -2.71. The Kier molecular flexibility index (Phi) is 7.67. The maximum atomic E-state index is 13.0. The van der Waals surface area contributed by atoms with E-state index in [0.717, 1.165) is 51.4 Å². The topological polar surface area (TPSA) is 105 Å². The number of nitrogens with one attached hydrogen (secondary N) is 1. The second-order valence-electron chi connectivity index (χ2n) is 17.8. The Morgan fingerprint density at radius 2 is 1.56 bits per heavy atom. The van der Waals surface area contributed by atoms with Crippen LogP contribution in [0, 0.1) is 51.2 Å². The van der Waals surface area contributed by atoms with E-state index >= 15 is 0 Å². The Hall–Kier alpha value is -0.690. The van der Waals surface area contributed by atoms with Gasteiger partial charge in [0.15, 0.2) is 0 Å². The first-order valence-electron chi connectivity index (χ1n) is 16.9. The maximum absolute atomic E-state index is 13.0. The third kappa shape index (κ3) is 4.58. The molecule has 1 aliphatic heterocycles. The number of aliphatic hydroxyl groups is 2. The first-order chi connectivity index (χ1) is 18.7. The highest BCUT2D eigenvalue weighted by Gasteiger charge is 2.72. The van der Waals surface area contributed by atoms with Gasteiger partial charge in [-0.1, -0.05) is 48.5 Å². The van der Waals surface area contributed by atoms with Gasteiger partial charge >= 0.3 is 0 Å². The van der Waals surface area contributed by atoms with Crippen LogP contribution in [0.2, 0.25) is 0 Å². The van der Waals surface area contributed by atoms with E-state index in [0.29, 0.717) is 17.8 Å². The summed E-state index contributed by atoms with van der Waals surface area (Å²) in [6.07, 6.45) is 8.80. The van der Waals surface area contributed by atoms with Crippen LogP contribution in [0.3, 0.4) is 0 Å². The molecule has 5 aliphatic rings. The van der Waals surface area contributed by atoms with Gasteiger partial charge in [0.2, 0.25) is 5.91 Å². The van der Waals surface area contributed by atoms with Crippen LogP contribution in [0.1, 0.15) is 127 Å². The van der Waals surface area contributed by atoms with E-state index < -0.39 is 11.6 Å². The minimum Gasteiger partial charge on any atom is -0.393 e. The molecule has 0 aromatic rings. The zero-order valence-corrected chi connectivity index (χ0v) is 27.8. The van der Waals surface area contributed by atoms with Crippen LogP contribution in [0.4, 0.5) is 0 Å². The SMILES string of the molecule is CC(C)[C@H](N)C(=O)N[C@H]1CC[C@]2(C)[C@H]3C[C@@H](O)[C@@H]4[C@@H]([C@]5(C)CC[C@H](C(C)(C)O)O5)CC[C@@]4(C)[C@]3(C)CC[C@H]2C1(C)C. The fraction of sp³-hybridized carbons (Fsp3) is 0.971. The van der Waals surface area contributed by atoms with E-state index in [4.69, 9.17) is 10.5 Å². The highest BCUT2D eigenvalue weighted by Crippen LogP contribution is 2.76. The minimum atomic E-state index is -0.847. The molecule has 6 nitrogen and oxygen atoms in total. The summed E-state index contributed by atoms with van der Waals surface area (Å²) in [6.45, 7) is 22.4. The monoisotopic (exact) mass is 574 g/mol. The van der Waals surface area contributed by atoms with Gasteiger partial charge < -0.3 is 26.0 Å². The van der Waals surface area contributed by atoms with Crippen molar-refractivity contribution in [3.05, 3.63) is 0 Å². The van der Waals surface area contributed by atoms with E-state index in [-0.39, 0.29) is 63.3 Å². The molecule has 1 saturated heterocycles. The van der Waals surface area contributed by atoms with Gasteiger partial charge in [-0.05, 0) is 130 Å². The molecular weight excluding hydrogens is 512 g/mol. The average molecular weight is 575 g/mol. The highest BCUT2D eigenvalue weighted by molar-refractivity contribution is 5.82. The van der Waals surface area contributed by atoms with Crippen molar-refractivity contribution in [1.29, 1.82) is 0 Å². The third-order valence-corrected chi connectivity index (χ3v) is 14.6. The van der Waals surface area contributed by atoms with Crippen molar-refractivity contribution in [2.75, 3.05) is 0 Å². The number of carbonyl (C=O) groups is 1. The molecule has 0 aromatic carbocycles. The number of fused-ring (bicyclic) bond motifs is 5. The summed E-state index contributed by atoms with van der Waals surface area (Å²) in [5.41, 5.74) is 5.36. The molecule has 6 heteroatoms. The number of rotatable bonds is 5. The number of aliphatic hydroxyl groups excluding tert-OH is 1. The third-order valence-electron chi connectivity index (χ3n) is 14.6. The Balaban J connectivity index is 1.41. The lowest BCUT2D eigenvalue weighted by atomic mass is 9.35. The summed E-state index contributed by atoms with van der Waals surface area (Å²) in [5.74, 6) is 1.56. The molecule has 0 radical (unpaired) electrons. The summed E-state index contributed by atoms with van der Waals surface area (Å²) in [4.78, 5) is 13.0. The molecule has 1 heterocycles. The quantitative estimate of drug-likeness (QED) is 0.331. The first-order valence-corrected chi connectivity index (χ1v) is 16.9. The Morgan fingerprint density at radius 3 is 2.15 bits per heavy atom. The molecule has 0 spiro atoms. The van der Waals surface area contributed by atoms with Crippen LogP contribution in [0.15, 0.2) is 0 Å². The van der Waals surface area contributed by atoms with E-state index in [1.807, 2.05) is 27.7 Å². The number of carbonyl (C=O) groups excluding carboxylic acids is 1. The van der Waals surface area contributed by atoms with Crippen molar-refractivity contribution in [3.63, 3.8) is 0 Å². The predicted octanol–water partition coefficient (Wildman–Crippen LogP) is 5.82. The molecule has 236 valence electrons. The van der Waals surface area contributed by atoms with Crippen molar-refractivity contribution in [1.82, 2.24) is 5.32 Å². The van der Waals surface area contributed by atoms with Crippen molar-refractivity contribution < 1.29 is 19.7 Å². The minimum absolute atomic E-state index is 0.0165. The number of hydrogen-bond donors (Lipinski definition) is 4. The number of nitrogens with two attached hydrogens (primary N) is 1. The van der Waals surface area contributed by atoms with Crippen molar-refractivity contribution in [3.8, 4) is 0 Å². The van der Waals surface area contributed by atoms with Crippen molar-refractivity contribution in [2.24, 2.45) is 57.0 Å². The Morgan fingerprint density at radius 1 is 0.927 bits per heavy atom. The zero-order chi connectivity index (χ0) is 30.6. The van der Waals surface area contributed by atoms with E-state index in [9.17, 15) is 15.0 Å². The second-order valence-corrected chi connectivity index (χ2v) is 17.8. The molecule has 1 amide bonds. The lowest BCUT2D eigenvalue weighted by Crippen LogP contribution is -2.68. The number of ether oxygens (including phenoxy) is 1. The molecule has 4 aliphatic carbocycles. The van der Waals surface area contributed by atoms with Crippen molar-refractivity contribution >= 4 is 5.91 Å². The van der Waals surface area contributed by atoms with Gasteiger partial charge in [-0.3, -0.25) is 4.79 Å². The molecule has 12 atom stereocenters. The smallest absolute Gasteiger partial charge is 0.237 e. The molecule has 5 N–H and O–H groups in total. The average Bonchev–Trinajstić information content (AvgIpc) is 3.45. The molecule has 0 bridgehead atoms. The fourth-order valence-corrected chi connectivity index (χ4v) is 11.9. The summed E-state index contributed by atoms with van der Waals surface area (Å²) < 4.78 is 6.71. The van der Waals surface area contributed by atoms with Crippen LogP contribution in [0.5, 0.6) is 0 Å². The summed E-state index contributed by atoms with van der Waals surface area (Å²) >= 11 is 0. The summed E-state index contributed by atoms with van der Waals surface area (Å²) in [7, 11) is 0. The normalized spacial score (nSPS) is 50.1. The molecule has 0 aromatic heterocycles. The van der Waals surface area contributed by atoms with E-state index in [1.54, 1.807) is 0 Å². The van der Waals surface area contributed by atoms with E-state index in [1.165, 1.54) is 6.42 Å². The molecular formula is C35H62N2O4. The summed E-state index contributed by atoms with van der Waals surface area (Å²) in [5, 5.41) is 26.2. The van der Waals surface area contributed by atoms with Crippen molar-refractivity contribution in [2.45, 2.75) is 163 Å². The lowest BCUT2D eigenvalue weighted by molar-refractivity contribution is -0.240. The van der Waals surface area contributed by atoms with Crippen LogP contribution < -0.4 is 11.1 Å². The Labute approximate surface area is 250 Å². The van der Waals surface area contributed by atoms with E-state index in [2.05, 4.69) is 46.9 Å². The molecule has 4 saturated carbocycles. The van der Waals surface area contributed by atoms with Gasteiger partial charge in [-0.15, -0.1) is 0 Å². The van der Waals surface area contributed by atoms with Crippen LogP contribution >= 0.6 is 0 Å². The van der Waals surface area contributed by atoms with Gasteiger partial charge in [-0.25, -0.2) is 0 Å². The largest absolute Gasteiger partial charge is 0.393 e. The van der Waals surface area contributed by atoms with Gasteiger partial charge in [0.1, 0.15) is 0 Å².